The van der Waals surface area contributed by atoms with Crippen molar-refractivity contribution in [3.8, 4) is 6.07 Å². The van der Waals surface area contributed by atoms with E-state index in [0.717, 1.165) is 47.6 Å². The molecule has 0 bridgehead atoms. The Morgan fingerprint density at radius 2 is 1.88 bits per heavy atom. The SMILES string of the molecule is CCCCCC(CC)n1c(NC(=O)c2cccc(Br)c2)c(C#N)c2nc3ccccc3nc21. The summed E-state index contributed by atoms with van der Waals surface area (Å²) in [5, 5.41) is 13.1. The number of carbonyl (C=O) groups is 1. The van der Waals surface area contributed by atoms with Crippen LogP contribution in [0.4, 0.5) is 5.82 Å². The molecule has 0 saturated heterocycles. The molecule has 2 aromatic carbocycles. The van der Waals surface area contributed by atoms with Crippen molar-refractivity contribution in [2.75, 3.05) is 5.32 Å². The molecule has 1 atom stereocenters. The van der Waals surface area contributed by atoms with Gasteiger partial charge in [-0.05, 0) is 43.2 Å². The second-order valence-corrected chi connectivity index (χ2v) is 9.03. The zero-order valence-electron chi connectivity index (χ0n) is 18.8. The van der Waals surface area contributed by atoms with Gasteiger partial charge in [0.05, 0.1) is 11.0 Å². The Labute approximate surface area is 201 Å². The number of carbonyl (C=O) groups excluding carboxylic acids is 1. The highest BCUT2D eigenvalue weighted by molar-refractivity contribution is 9.10. The van der Waals surface area contributed by atoms with Crippen LogP contribution in [0.1, 0.15) is 67.9 Å². The molecule has 168 valence electrons. The van der Waals surface area contributed by atoms with Gasteiger partial charge in [-0.25, -0.2) is 9.97 Å². The number of anilines is 1. The molecule has 7 heteroatoms. The van der Waals surface area contributed by atoms with Gasteiger partial charge in [0.1, 0.15) is 23.0 Å². The Balaban J connectivity index is 1.91. The van der Waals surface area contributed by atoms with Gasteiger partial charge in [-0.15, -0.1) is 0 Å². The summed E-state index contributed by atoms with van der Waals surface area (Å²) < 4.78 is 2.84. The third-order valence-electron chi connectivity index (χ3n) is 5.90. The second kappa shape index (κ2) is 10.1. The van der Waals surface area contributed by atoms with Crippen molar-refractivity contribution in [2.24, 2.45) is 0 Å². The van der Waals surface area contributed by atoms with Crippen molar-refractivity contribution in [1.82, 2.24) is 14.5 Å². The first-order chi connectivity index (χ1) is 16.1. The van der Waals surface area contributed by atoms with Crippen LogP contribution in [-0.2, 0) is 0 Å². The maximum atomic E-state index is 13.2. The van der Waals surface area contributed by atoms with Crippen molar-refractivity contribution in [2.45, 2.75) is 52.0 Å². The van der Waals surface area contributed by atoms with Gasteiger partial charge in [0.15, 0.2) is 5.65 Å². The van der Waals surface area contributed by atoms with Crippen LogP contribution in [0.5, 0.6) is 0 Å². The summed E-state index contributed by atoms with van der Waals surface area (Å²) in [6, 6.07) is 17.2. The zero-order valence-corrected chi connectivity index (χ0v) is 20.4. The number of para-hydroxylation sites is 2. The van der Waals surface area contributed by atoms with Crippen molar-refractivity contribution in [1.29, 1.82) is 5.26 Å². The van der Waals surface area contributed by atoms with E-state index in [4.69, 9.17) is 9.97 Å². The number of amides is 1. The minimum atomic E-state index is -0.273. The summed E-state index contributed by atoms with van der Waals surface area (Å²) in [6.45, 7) is 4.31. The molecule has 0 aliphatic heterocycles. The van der Waals surface area contributed by atoms with Gasteiger partial charge in [-0.2, -0.15) is 5.26 Å². The zero-order chi connectivity index (χ0) is 23.4. The third-order valence-corrected chi connectivity index (χ3v) is 6.40. The Morgan fingerprint density at radius 3 is 2.55 bits per heavy atom. The predicted molar refractivity (Wildman–Crippen MR) is 135 cm³/mol. The van der Waals surface area contributed by atoms with Crippen molar-refractivity contribution < 1.29 is 4.79 Å². The maximum Gasteiger partial charge on any atom is 0.256 e. The Bertz CT molecular complexity index is 1350. The largest absolute Gasteiger partial charge is 0.307 e. The Kier molecular flexibility index (Phi) is 7.05. The fraction of sp³-hybridized carbons (Fsp3) is 0.308. The van der Waals surface area contributed by atoms with Crippen molar-refractivity contribution in [3.05, 3.63) is 64.1 Å². The molecule has 4 aromatic rings. The van der Waals surface area contributed by atoms with Gasteiger partial charge in [-0.1, -0.05) is 67.2 Å². The van der Waals surface area contributed by atoms with Crippen LogP contribution in [0.15, 0.2) is 53.0 Å². The molecule has 2 aromatic heterocycles. The monoisotopic (exact) mass is 503 g/mol. The van der Waals surface area contributed by atoms with Crippen LogP contribution in [0.2, 0.25) is 0 Å². The number of hydrogen-bond acceptors (Lipinski definition) is 4. The first kappa shape index (κ1) is 22.9. The quantitative estimate of drug-likeness (QED) is 0.262. The number of nitriles is 1. The number of nitrogens with one attached hydrogen (secondary N) is 1. The molecule has 2 heterocycles. The third kappa shape index (κ3) is 4.62. The number of halogens is 1. The lowest BCUT2D eigenvalue weighted by molar-refractivity contribution is 0.102. The molecule has 1 N–H and O–H groups in total. The molecule has 0 radical (unpaired) electrons. The molecule has 1 amide bonds. The number of fused-ring (bicyclic) bond motifs is 2. The normalized spacial score (nSPS) is 12.1. The van der Waals surface area contributed by atoms with Gasteiger partial charge in [0, 0.05) is 16.1 Å². The molecule has 0 aliphatic rings. The minimum absolute atomic E-state index is 0.0921. The lowest BCUT2D eigenvalue weighted by Gasteiger charge is -2.21. The highest BCUT2D eigenvalue weighted by Gasteiger charge is 2.26. The summed E-state index contributed by atoms with van der Waals surface area (Å²) in [5.74, 6) is 0.195. The van der Waals surface area contributed by atoms with Crippen LogP contribution in [0.25, 0.3) is 22.2 Å². The van der Waals surface area contributed by atoms with E-state index in [1.54, 1.807) is 12.1 Å². The minimum Gasteiger partial charge on any atom is -0.307 e. The number of benzene rings is 2. The molecule has 0 aliphatic carbocycles. The predicted octanol–water partition coefficient (Wildman–Crippen LogP) is 7.00. The average molecular weight is 504 g/mol. The van der Waals surface area contributed by atoms with Gasteiger partial charge in [0.2, 0.25) is 0 Å². The topological polar surface area (TPSA) is 83.6 Å². The van der Waals surface area contributed by atoms with Crippen molar-refractivity contribution >= 4 is 49.9 Å². The molecule has 6 nitrogen and oxygen atoms in total. The van der Waals surface area contributed by atoms with E-state index in [-0.39, 0.29) is 11.9 Å². The molecule has 0 spiro atoms. The van der Waals surface area contributed by atoms with E-state index < -0.39 is 0 Å². The van der Waals surface area contributed by atoms with Crippen molar-refractivity contribution in [3.63, 3.8) is 0 Å². The summed E-state index contributed by atoms with van der Waals surface area (Å²) in [7, 11) is 0. The Morgan fingerprint density at radius 1 is 1.12 bits per heavy atom. The standard InChI is InChI=1S/C26H26BrN5O/c1-3-5-6-12-19(4-2)32-24(31-26(33)17-10-9-11-18(27)15-17)20(16-28)23-25(32)30-22-14-8-7-13-21(22)29-23/h7-11,13-15,19H,3-6,12H2,1-2H3,(H,31,33). The Hall–Kier alpha value is -3.24. The van der Waals surface area contributed by atoms with Crippen LogP contribution < -0.4 is 5.32 Å². The molecular weight excluding hydrogens is 478 g/mol. The van der Waals surface area contributed by atoms with Gasteiger partial charge in [0.25, 0.3) is 5.91 Å². The van der Waals surface area contributed by atoms with Crippen LogP contribution in [0, 0.1) is 11.3 Å². The van der Waals surface area contributed by atoms with E-state index in [1.807, 2.05) is 41.0 Å². The maximum absolute atomic E-state index is 13.2. The summed E-state index contributed by atoms with van der Waals surface area (Å²) in [6.07, 6.45) is 5.12. The number of aromatic nitrogens is 3. The van der Waals surface area contributed by atoms with E-state index in [2.05, 4.69) is 41.2 Å². The number of unbranched alkanes of at least 4 members (excludes halogenated alkanes) is 2. The first-order valence-corrected chi connectivity index (χ1v) is 12.1. The molecule has 0 fully saturated rings. The van der Waals surface area contributed by atoms with Crippen LogP contribution >= 0.6 is 15.9 Å². The highest BCUT2D eigenvalue weighted by Crippen LogP contribution is 2.35. The lowest BCUT2D eigenvalue weighted by atomic mass is 10.1. The van der Waals surface area contributed by atoms with E-state index in [0.29, 0.717) is 28.1 Å². The number of nitrogens with zero attached hydrogens (tertiary/aromatic N) is 4. The molecule has 4 rings (SSSR count). The molecular formula is C26H26BrN5O. The summed E-state index contributed by atoms with van der Waals surface area (Å²) in [4.78, 5) is 22.8. The average Bonchev–Trinajstić information content (AvgIpc) is 3.12. The number of rotatable bonds is 8. The van der Waals surface area contributed by atoms with Crippen LogP contribution in [0.3, 0.4) is 0 Å². The van der Waals surface area contributed by atoms with Crippen LogP contribution in [-0.4, -0.2) is 20.4 Å². The summed E-state index contributed by atoms with van der Waals surface area (Å²) in [5.41, 5.74) is 3.51. The highest BCUT2D eigenvalue weighted by atomic mass is 79.9. The van der Waals surface area contributed by atoms with Gasteiger partial charge < -0.3 is 9.88 Å². The fourth-order valence-electron chi connectivity index (χ4n) is 4.20. The molecule has 1 unspecified atom stereocenters. The molecule has 33 heavy (non-hydrogen) atoms. The summed E-state index contributed by atoms with van der Waals surface area (Å²) >= 11 is 3.42. The van der Waals surface area contributed by atoms with Gasteiger partial charge in [-0.3, -0.25) is 4.79 Å². The van der Waals surface area contributed by atoms with E-state index >= 15 is 0 Å². The second-order valence-electron chi connectivity index (χ2n) is 8.11. The fourth-order valence-corrected chi connectivity index (χ4v) is 4.60. The lowest BCUT2D eigenvalue weighted by Crippen LogP contribution is -2.19. The van der Waals surface area contributed by atoms with Gasteiger partial charge >= 0.3 is 0 Å². The van der Waals surface area contributed by atoms with E-state index in [1.165, 1.54) is 0 Å². The molecule has 0 saturated carbocycles. The first-order valence-electron chi connectivity index (χ1n) is 11.3. The van der Waals surface area contributed by atoms with E-state index in [9.17, 15) is 10.1 Å². The smallest absolute Gasteiger partial charge is 0.256 e. The number of hydrogen-bond donors (Lipinski definition) is 1.